The number of nitrogens with one attached hydrogen (secondary N) is 1. The van der Waals surface area contributed by atoms with Crippen molar-refractivity contribution in [2.75, 3.05) is 11.9 Å². The highest BCUT2D eigenvalue weighted by Gasteiger charge is 2.24. The highest BCUT2D eigenvalue weighted by Crippen LogP contribution is 2.41. The second kappa shape index (κ2) is 6.17. The van der Waals surface area contributed by atoms with Gasteiger partial charge in [0.1, 0.15) is 5.75 Å². The first kappa shape index (κ1) is 14.6. The molecule has 0 saturated heterocycles. The second-order valence-corrected chi connectivity index (χ2v) is 6.04. The van der Waals surface area contributed by atoms with Crippen molar-refractivity contribution >= 4 is 28.9 Å². The van der Waals surface area contributed by atoms with E-state index in [1.54, 1.807) is 6.07 Å². The fourth-order valence-electron chi connectivity index (χ4n) is 2.66. The predicted octanol–water partition coefficient (Wildman–Crippen LogP) is 5.49. The first-order valence-electron chi connectivity index (χ1n) is 7.14. The molecule has 0 amide bonds. The number of halogens is 2. The second-order valence-electron chi connectivity index (χ2n) is 5.19. The van der Waals surface area contributed by atoms with Crippen molar-refractivity contribution in [1.29, 1.82) is 0 Å². The molecule has 0 spiro atoms. The Hall–Kier alpha value is -1.38. The highest BCUT2D eigenvalue weighted by atomic mass is 35.5. The fourth-order valence-corrected chi connectivity index (χ4v) is 3.22. The number of hydrogen-bond acceptors (Lipinski definition) is 2. The van der Waals surface area contributed by atoms with Gasteiger partial charge in [-0.1, -0.05) is 42.3 Å². The maximum absolute atomic E-state index is 6.23. The molecular weight excluding hydrogens is 305 g/mol. The maximum atomic E-state index is 6.23. The van der Waals surface area contributed by atoms with Crippen LogP contribution < -0.4 is 10.1 Å². The van der Waals surface area contributed by atoms with Gasteiger partial charge in [0.15, 0.2) is 0 Å². The molecule has 1 N–H and O–H groups in total. The van der Waals surface area contributed by atoms with Crippen LogP contribution in [-0.2, 0) is 6.42 Å². The van der Waals surface area contributed by atoms with Gasteiger partial charge in [0.25, 0.3) is 0 Å². The van der Waals surface area contributed by atoms with Crippen molar-refractivity contribution < 1.29 is 4.74 Å². The number of rotatable bonds is 3. The largest absolute Gasteiger partial charge is 0.492 e. The molecule has 4 heteroatoms. The lowest BCUT2D eigenvalue weighted by atomic mass is 10.00. The van der Waals surface area contributed by atoms with Crippen LogP contribution in [0.1, 0.15) is 30.5 Å². The van der Waals surface area contributed by atoms with Gasteiger partial charge in [-0.2, -0.15) is 0 Å². The summed E-state index contributed by atoms with van der Waals surface area (Å²) in [4.78, 5) is 0. The molecule has 0 saturated carbocycles. The Bertz CT molecular complexity index is 657. The SMILES string of the molecule is CCc1cccc(NC2CCOc3c(Cl)cc(Cl)cc32)c1. The molecule has 21 heavy (non-hydrogen) atoms. The lowest BCUT2D eigenvalue weighted by Gasteiger charge is -2.28. The third-order valence-electron chi connectivity index (χ3n) is 3.74. The fraction of sp³-hybridized carbons (Fsp3) is 0.294. The van der Waals surface area contributed by atoms with Gasteiger partial charge in [-0.25, -0.2) is 0 Å². The molecule has 2 nitrogen and oxygen atoms in total. The number of aryl methyl sites for hydroxylation is 1. The lowest BCUT2D eigenvalue weighted by Crippen LogP contribution is -2.20. The van der Waals surface area contributed by atoms with Crippen LogP contribution in [-0.4, -0.2) is 6.61 Å². The summed E-state index contributed by atoms with van der Waals surface area (Å²) < 4.78 is 5.69. The van der Waals surface area contributed by atoms with Crippen molar-refractivity contribution in [2.24, 2.45) is 0 Å². The van der Waals surface area contributed by atoms with Crippen LogP contribution in [0.25, 0.3) is 0 Å². The Morgan fingerprint density at radius 3 is 2.90 bits per heavy atom. The predicted molar refractivity (Wildman–Crippen MR) is 88.8 cm³/mol. The molecule has 2 aromatic rings. The maximum Gasteiger partial charge on any atom is 0.143 e. The molecule has 1 aliphatic rings. The zero-order chi connectivity index (χ0) is 14.8. The molecule has 2 aromatic carbocycles. The van der Waals surface area contributed by atoms with E-state index in [1.165, 1.54) is 5.56 Å². The molecular formula is C17H17Cl2NO. The molecule has 1 heterocycles. The van der Waals surface area contributed by atoms with Gasteiger partial charge in [-0.15, -0.1) is 0 Å². The highest BCUT2D eigenvalue weighted by molar-refractivity contribution is 6.35. The first-order valence-corrected chi connectivity index (χ1v) is 7.90. The molecule has 110 valence electrons. The molecule has 0 fully saturated rings. The summed E-state index contributed by atoms with van der Waals surface area (Å²) in [6.07, 6.45) is 1.91. The number of benzene rings is 2. The zero-order valence-corrected chi connectivity index (χ0v) is 13.3. The third-order valence-corrected chi connectivity index (χ3v) is 4.24. The third kappa shape index (κ3) is 3.12. The smallest absolute Gasteiger partial charge is 0.143 e. The molecule has 0 radical (unpaired) electrons. The number of hydrogen-bond donors (Lipinski definition) is 1. The molecule has 1 unspecified atom stereocenters. The van der Waals surface area contributed by atoms with E-state index in [0.29, 0.717) is 16.7 Å². The van der Waals surface area contributed by atoms with E-state index < -0.39 is 0 Å². The van der Waals surface area contributed by atoms with E-state index in [4.69, 9.17) is 27.9 Å². The minimum atomic E-state index is 0.164. The summed E-state index contributed by atoms with van der Waals surface area (Å²) in [5.74, 6) is 0.747. The Morgan fingerprint density at radius 1 is 1.24 bits per heavy atom. The standard InChI is InChI=1S/C17H17Cl2NO/c1-2-11-4-3-5-13(8-11)20-16-6-7-21-17-14(16)9-12(18)10-15(17)19/h3-5,8-10,16,20H,2,6-7H2,1H3. The molecule has 0 aliphatic carbocycles. The van der Waals surface area contributed by atoms with E-state index in [-0.39, 0.29) is 6.04 Å². The topological polar surface area (TPSA) is 21.3 Å². The van der Waals surface area contributed by atoms with Crippen molar-refractivity contribution in [3.8, 4) is 5.75 Å². The molecule has 1 aliphatic heterocycles. The Balaban J connectivity index is 1.91. The zero-order valence-electron chi connectivity index (χ0n) is 11.8. The van der Waals surface area contributed by atoms with E-state index in [0.717, 1.165) is 29.8 Å². The van der Waals surface area contributed by atoms with Crippen molar-refractivity contribution in [3.05, 3.63) is 57.6 Å². The minimum Gasteiger partial charge on any atom is -0.492 e. The minimum absolute atomic E-state index is 0.164. The quantitative estimate of drug-likeness (QED) is 0.806. The molecule has 0 aromatic heterocycles. The van der Waals surface area contributed by atoms with Gasteiger partial charge in [0.05, 0.1) is 17.7 Å². The van der Waals surface area contributed by atoms with Crippen molar-refractivity contribution in [1.82, 2.24) is 0 Å². The number of ether oxygens (including phenoxy) is 1. The summed E-state index contributed by atoms with van der Waals surface area (Å²) in [6, 6.07) is 12.3. The van der Waals surface area contributed by atoms with E-state index in [1.807, 2.05) is 6.07 Å². The Morgan fingerprint density at radius 2 is 2.10 bits per heavy atom. The summed E-state index contributed by atoms with van der Waals surface area (Å²) >= 11 is 12.4. The van der Waals surface area contributed by atoms with Gasteiger partial charge in [-0.3, -0.25) is 0 Å². The van der Waals surface area contributed by atoms with E-state index in [2.05, 4.69) is 36.5 Å². The summed E-state index contributed by atoms with van der Waals surface area (Å²) in [5, 5.41) is 4.78. The molecule has 1 atom stereocenters. The van der Waals surface area contributed by atoms with Crippen molar-refractivity contribution in [3.63, 3.8) is 0 Å². The Kier molecular flexibility index (Phi) is 4.27. The lowest BCUT2D eigenvalue weighted by molar-refractivity contribution is 0.274. The number of anilines is 1. The van der Waals surface area contributed by atoms with Gasteiger partial charge < -0.3 is 10.1 Å². The average Bonchev–Trinajstić information content (AvgIpc) is 2.48. The van der Waals surface area contributed by atoms with Crippen LogP contribution in [0, 0.1) is 0 Å². The van der Waals surface area contributed by atoms with Gasteiger partial charge in [-0.05, 0) is 36.2 Å². The van der Waals surface area contributed by atoms with E-state index in [9.17, 15) is 0 Å². The molecule has 0 bridgehead atoms. The van der Waals surface area contributed by atoms with Gasteiger partial charge in [0.2, 0.25) is 0 Å². The first-order chi connectivity index (χ1) is 10.2. The van der Waals surface area contributed by atoms with Crippen LogP contribution in [0.3, 0.4) is 0 Å². The van der Waals surface area contributed by atoms with Crippen LogP contribution >= 0.6 is 23.2 Å². The van der Waals surface area contributed by atoms with E-state index >= 15 is 0 Å². The summed E-state index contributed by atoms with van der Waals surface area (Å²) in [6.45, 7) is 2.81. The van der Waals surface area contributed by atoms with Crippen LogP contribution in [0.4, 0.5) is 5.69 Å². The van der Waals surface area contributed by atoms with Gasteiger partial charge >= 0.3 is 0 Å². The molecule has 3 rings (SSSR count). The summed E-state index contributed by atoms with van der Waals surface area (Å²) in [5.41, 5.74) is 3.46. The van der Waals surface area contributed by atoms with Crippen molar-refractivity contribution in [2.45, 2.75) is 25.8 Å². The monoisotopic (exact) mass is 321 g/mol. The normalized spacial score (nSPS) is 17.0. The van der Waals surface area contributed by atoms with Crippen LogP contribution in [0.2, 0.25) is 10.0 Å². The number of fused-ring (bicyclic) bond motifs is 1. The van der Waals surface area contributed by atoms with Crippen LogP contribution in [0.5, 0.6) is 5.75 Å². The average molecular weight is 322 g/mol. The summed E-state index contributed by atoms with van der Waals surface area (Å²) in [7, 11) is 0. The Labute approximate surface area is 135 Å². The van der Waals surface area contributed by atoms with Gasteiger partial charge in [0, 0.05) is 22.7 Å². The van der Waals surface area contributed by atoms with Crippen LogP contribution in [0.15, 0.2) is 36.4 Å².